The summed E-state index contributed by atoms with van der Waals surface area (Å²) in [4.78, 5) is 21.9. The molecule has 1 N–H and O–H groups in total. The van der Waals surface area contributed by atoms with E-state index in [0.29, 0.717) is 12.1 Å². The van der Waals surface area contributed by atoms with Crippen molar-refractivity contribution >= 4 is 5.91 Å². The number of nitrogens with one attached hydrogen (secondary N) is 1. The van der Waals surface area contributed by atoms with Gasteiger partial charge in [0.05, 0.1) is 6.04 Å². The lowest BCUT2D eigenvalue weighted by Gasteiger charge is -2.38. The normalized spacial score (nSPS) is 23.7. The van der Waals surface area contributed by atoms with Crippen molar-refractivity contribution in [2.24, 2.45) is 0 Å². The van der Waals surface area contributed by atoms with Gasteiger partial charge in [0.1, 0.15) is 0 Å². The predicted molar refractivity (Wildman–Crippen MR) is 100 cm³/mol. The number of piperidine rings is 2. The van der Waals surface area contributed by atoms with Gasteiger partial charge in [0.15, 0.2) is 0 Å². The summed E-state index contributed by atoms with van der Waals surface area (Å²) >= 11 is 0. The third-order valence-corrected chi connectivity index (χ3v) is 5.63. The average Bonchev–Trinajstić information content (AvgIpc) is 2.63. The first-order chi connectivity index (χ1) is 12.1. The van der Waals surface area contributed by atoms with Crippen LogP contribution in [0.4, 0.5) is 0 Å². The Bertz CT molecular complexity index is 540. The van der Waals surface area contributed by atoms with Gasteiger partial charge >= 0.3 is 0 Å². The number of hydrogen-bond acceptors (Lipinski definition) is 4. The molecule has 5 heteroatoms. The van der Waals surface area contributed by atoms with Crippen molar-refractivity contribution in [3.8, 4) is 0 Å². The van der Waals surface area contributed by atoms with Crippen LogP contribution in [-0.4, -0.2) is 58.5 Å². The van der Waals surface area contributed by atoms with Gasteiger partial charge in [0.25, 0.3) is 0 Å². The molecule has 5 nitrogen and oxygen atoms in total. The van der Waals surface area contributed by atoms with Gasteiger partial charge in [-0.2, -0.15) is 0 Å². The summed E-state index contributed by atoms with van der Waals surface area (Å²) in [7, 11) is 0. The molecular weight excluding hydrogens is 312 g/mol. The molecule has 2 saturated heterocycles. The van der Waals surface area contributed by atoms with E-state index in [4.69, 9.17) is 0 Å². The lowest BCUT2D eigenvalue weighted by Crippen LogP contribution is -2.53. The number of carbonyl (C=O) groups excluding carboxylic acids is 1. The van der Waals surface area contributed by atoms with Crippen LogP contribution in [0.5, 0.6) is 0 Å². The minimum atomic E-state index is 0.0112. The largest absolute Gasteiger partial charge is 0.352 e. The molecule has 2 aliphatic heterocycles. The summed E-state index contributed by atoms with van der Waals surface area (Å²) in [6, 6.07) is 5.02. The number of pyridine rings is 1. The zero-order valence-electron chi connectivity index (χ0n) is 15.7. The third-order valence-electron chi connectivity index (χ3n) is 5.63. The molecule has 2 fully saturated rings. The number of hydrogen-bond donors (Lipinski definition) is 1. The van der Waals surface area contributed by atoms with Crippen LogP contribution in [0.2, 0.25) is 0 Å². The summed E-state index contributed by atoms with van der Waals surface area (Å²) in [5.74, 6) is 0.228. The maximum absolute atomic E-state index is 12.9. The lowest BCUT2D eigenvalue weighted by atomic mass is 9.98. The van der Waals surface area contributed by atoms with Crippen LogP contribution in [0, 0.1) is 0 Å². The molecule has 138 valence electrons. The van der Waals surface area contributed by atoms with Crippen molar-refractivity contribution in [2.45, 2.75) is 70.6 Å². The molecule has 3 rings (SSSR count). The molecule has 2 aliphatic rings. The first kappa shape index (κ1) is 18.3. The Kier molecular flexibility index (Phi) is 6.43. The molecule has 3 heterocycles. The van der Waals surface area contributed by atoms with Crippen molar-refractivity contribution < 1.29 is 4.79 Å². The van der Waals surface area contributed by atoms with Gasteiger partial charge < -0.3 is 10.2 Å². The second-order valence-electron chi connectivity index (χ2n) is 7.76. The Morgan fingerprint density at radius 3 is 2.72 bits per heavy atom. The van der Waals surface area contributed by atoms with Crippen LogP contribution in [0.1, 0.15) is 51.5 Å². The van der Waals surface area contributed by atoms with Gasteiger partial charge in [-0.1, -0.05) is 12.5 Å². The van der Waals surface area contributed by atoms with E-state index in [9.17, 15) is 4.79 Å². The molecular formula is C20H32N4O. The Balaban J connectivity index is 1.54. The molecule has 1 amide bonds. The number of aromatic nitrogens is 1. The van der Waals surface area contributed by atoms with E-state index >= 15 is 0 Å². The highest BCUT2D eigenvalue weighted by atomic mass is 16.2. The zero-order chi connectivity index (χ0) is 17.6. The van der Waals surface area contributed by atoms with Gasteiger partial charge in [0, 0.05) is 44.1 Å². The second kappa shape index (κ2) is 8.77. The first-order valence-electron chi connectivity index (χ1n) is 9.81. The number of rotatable bonds is 5. The highest BCUT2D eigenvalue weighted by molar-refractivity contribution is 5.82. The van der Waals surface area contributed by atoms with Crippen molar-refractivity contribution in [1.82, 2.24) is 20.1 Å². The molecule has 0 saturated carbocycles. The minimum absolute atomic E-state index is 0.0112. The SMILES string of the molecule is CC(C)N1CCC(NC(=O)C2CCCCN2Cc2cccnc2)CC1. The monoisotopic (exact) mass is 344 g/mol. The average molecular weight is 345 g/mol. The van der Waals surface area contributed by atoms with Crippen molar-refractivity contribution in [3.05, 3.63) is 30.1 Å². The molecule has 0 aromatic carbocycles. The van der Waals surface area contributed by atoms with E-state index in [-0.39, 0.29) is 11.9 Å². The van der Waals surface area contributed by atoms with E-state index in [1.165, 1.54) is 12.0 Å². The smallest absolute Gasteiger partial charge is 0.237 e. The number of nitrogens with zero attached hydrogens (tertiary/aromatic N) is 3. The van der Waals surface area contributed by atoms with Crippen LogP contribution in [0.25, 0.3) is 0 Å². The fourth-order valence-corrected chi connectivity index (χ4v) is 4.06. The zero-order valence-corrected chi connectivity index (χ0v) is 15.7. The number of likely N-dealkylation sites (tertiary alicyclic amines) is 2. The van der Waals surface area contributed by atoms with Crippen LogP contribution in [0.15, 0.2) is 24.5 Å². The summed E-state index contributed by atoms with van der Waals surface area (Å²) < 4.78 is 0. The molecule has 0 radical (unpaired) electrons. The first-order valence-corrected chi connectivity index (χ1v) is 9.81. The van der Waals surface area contributed by atoms with E-state index in [1.807, 2.05) is 12.3 Å². The van der Waals surface area contributed by atoms with Gasteiger partial charge in [-0.05, 0) is 57.7 Å². The summed E-state index contributed by atoms with van der Waals surface area (Å²) in [5.41, 5.74) is 1.19. The Morgan fingerprint density at radius 2 is 2.04 bits per heavy atom. The van der Waals surface area contributed by atoms with Crippen LogP contribution < -0.4 is 5.32 Å². The molecule has 25 heavy (non-hydrogen) atoms. The molecule has 1 unspecified atom stereocenters. The standard InChI is InChI=1S/C20H32N4O/c1-16(2)23-12-8-18(9-13-23)22-20(25)19-7-3-4-11-24(19)15-17-6-5-10-21-14-17/h5-6,10,14,16,18-19H,3-4,7-9,11-13,15H2,1-2H3,(H,22,25). The van der Waals surface area contributed by atoms with Crippen LogP contribution in [-0.2, 0) is 11.3 Å². The fourth-order valence-electron chi connectivity index (χ4n) is 4.06. The maximum atomic E-state index is 12.9. The number of amides is 1. The highest BCUT2D eigenvalue weighted by Crippen LogP contribution is 2.21. The minimum Gasteiger partial charge on any atom is -0.352 e. The molecule has 1 aromatic rings. The fraction of sp³-hybridized carbons (Fsp3) is 0.700. The van der Waals surface area contributed by atoms with E-state index in [2.05, 4.69) is 40.0 Å². The van der Waals surface area contributed by atoms with Gasteiger partial charge in [-0.25, -0.2) is 0 Å². The molecule has 1 atom stereocenters. The number of carbonyl (C=O) groups is 1. The molecule has 1 aromatic heterocycles. The summed E-state index contributed by atoms with van der Waals surface area (Å²) in [6.45, 7) is 8.49. The van der Waals surface area contributed by atoms with Gasteiger partial charge in [-0.15, -0.1) is 0 Å². The van der Waals surface area contributed by atoms with Crippen molar-refractivity contribution in [3.63, 3.8) is 0 Å². The molecule has 0 bridgehead atoms. The van der Waals surface area contributed by atoms with E-state index < -0.39 is 0 Å². The molecule has 0 aliphatic carbocycles. The van der Waals surface area contributed by atoms with E-state index in [0.717, 1.165) is 51.9 Å². The Labute approximate surface area is 151 Å². The Morgan fingerprint density at radius 1 is 1.24 bits per heavy atom. The van der Waals surface area contributed by atoms with Gasteiger partial charge in [-0.3, -0.25) is 14.7 Å². The summed E-state index contributed by atoms with van der Waals surface area (Å²) in [6.07, 6.45) is 9.14. The Hall–Kier alpha value is -1.46. The van der Waals surface area contributed by atoms with Gasteiger partial charge in [0.2, 0.25) is 5.91 Å². The van der Waals surface area contributed by atoms with Crippen LogP contribution in [0.3, 0.4) is 0 Å². The third kappa shape index (κ3) is 5.02. The summed E-state index contributed by atoms with van der Waals surface area (Å²) in [5, 5.41) is 3.34. The predicted octanol–water partition coefficient (Wildman–Crippen LogP) is 2.43. The highest BCUT2D eigenvalue weighted by Gasteiger charge is 2.31. The quantitative estimate of drug-likeness (QED) is 0.891. The maximum Gasteiger partial charge on any atom is 0.237 e. The topological polar surface area (TPSA) is 48.5 Å². The van der Waals surface area contributed by atoms with Crippen molar-refractivity contribution in [2.75, 3.05) is 19.6 Å². The van der Waals surface area contributed by atoms with Crippen molar-refractivity contribution in [1.29, 1.82) is 0 Å². The molecule has 0 spiro atoms. The van der Waals surface area contributed by atoms with E-state index in [1.54, 1.807) is 6.20 Å². The second-order valence-corrected chi connectivity index (χ2v) is 7.76. The lowest BCUT2D eigenvalue weighted by molar-refractivity contribution is -0.129. The van der Waals surface area contributed by atoms with Crippen LogP contribution >= 0.6 is 0 Å².